The van der Waals surface area contributed by atoms with Crippen molar-refractivity contribution in [1.82, 2.24) is 4.90 Å². The van der Waals surface area contributed by atoms with Crippen molar-refractivity contribution in [3.63, 3.8) is 0 Å². The zero-order valence-electron chi connectivity index (χ0n) is 15.9. The number of hydrogen-bond donors (Lipinski definition) is 0. The summed E-state index contributed by atoms with van der Waals surface area (Å²) >= 11 is 1.61. The van der Waals surface area contributed by atoms with Crippen LogP contribution < -0.4 is 0 Å². The Morgan fingerprint density at radius 1 is 1.22 bits per heavy atom. The number of hydrogen-bond acceptors (Lipinski definition) is 5. The molecule has 2 aromatic rings. The molecule has 1 aromatic heterocycles. The fourth-order valence-electron chi connectivity index (χ4n) is 3.60. The first-order valence-corrected chi connectivity index (χ1v) is 10.2. The van der Waals surface area contributed by atoms with Gasteiger partial charge < -0.3 is 14.2 Å². The molecule has 0 radical (unpaired) electrons. The lowest BCUT2D eigenvalue weighted by Crippen LogP contribution is -2.43. The summed E-state index contributed by atoms with van der Waals surface area (Å²) in [6, 6.07) is 10.3. The van der Waals surface area contributed by atoms with Gasteiger partial charge >= 0.3 is 6.09 Å². The van der Waals surface area contributed by atoms with E-state index in [1.54, 1.807) is 11.3 Å². The highest BCUT2D eigenvalue weighted by Crippen LogP contribution is 2.39. The van der Waals surface area contributed by atoms with Crippen molar-refractivity contribution >= 4 is 17.4 Å². The van der Waals surface area contributed by atoms with Gasteiger partial charge in [0, 0.05) is 6.54 Å². The maximum atomic E-state index is 12.9. The molecule has 0 bridgehead atoms. The summed E-state index contributed by atoms with van der Waals surface area (Å²) in [6.45, 7) is 7.57. The van der Waals surface area contributed by atoms with E-state index in [9.17, 15) is 4.79 Å². The van der Waals surface area contributed by atoms with Crippen LogP contribution in [0.3, 0.4) is 0 Å². The summed E-state index contributed by atoms with van der Waals surface area (Å²) in [5.74, 6) is 0. The fourth-order valence-corrected chi connectivity index (χ4v) is 4.52. The summed E-state index contributed by atoms with van der Waals surface area (Å²) < 4.78 is 17.0. The average Bonchev–Trinajstić information content (AvgIpc) is 3.30. The van der Waals surface area contributed by atoms with Crippen molar-refractivity contribution in [1.29, 1.82) is 0 Å². The van der Waals surface area contributed by atoms with Crippen molar-refractivity contribution in [2.75, 3.05) is 19.8 Å². The molecule has 0 spiro atoms. The second kappa shape index (κ2) is 7.26. The van der Waals surface area contributed by atoms with Crippen molar-refractivity contribution in [2.24, 2.45) is 0 Å². The van der Waals surface area contributed by atoms with E-state index in [1.165, 1.54) is 5.56 Å². The SMILES string of the molecule is CC(C)(C)OC(=O)N1CCc2ccccc2C1c1csc(C2OCCO2)c1. The van der Waals surface area contributed by atoms with Crippen molar-refractivity contribution in [3.05, 3.63) is 57.3 Å². The molecular formula is C21H25NO4S. The molecule has 0 saturated carbocycles. The Kier molecular flexibility index (Phi) is 4.97. The fraction of sp³-hybridized carbons (Fsp3) is 0.476. The monoisotopic (exact) mass is 387 g/mol. The molecule has 6 heteroatoms. The molecule has 1 aromatic carbocycles. The third kappa shape index (κ3) is 3.88. The van der Waals surface area contributed by atoms with E-state index in [1.807, 2.05) is 31.7 Å². The van der Waals surface area contributed by atoms with E-state index in [2.05, 4.69) is 29.6 Å². The van der Waals surface area contributed by atoms with Crippen LogP contribution in [-0.4, -0.2) is 36.4 Å². The van der Waals surface area contributed by atoms with Gasteiger partial charge in [0.2, 0.25) is 0 Å². The Balaban J connectivity index is 1.69. The van der Waals surface area contributed by atoms with Crippen LogP contribution in [0.4, 0.5) is 4.79 Å². The smallest absolute Gasteiger partial charge is 0.411 e. The topological polar surface area (TPSA) is 48.0 Å². The second-order valence-electron chi connectivity index (χ2n) is 7.88. The highest BCUT2D eigenvalue weighted by molar-refractivity contribution is 7.10. The lowest BCUT2D eigenvalue weighted by Gasteiger charge is -2.38. The van der Waals surface area contributed by atoms with Crippen LogP contribution in [-0.2, 0) is 20.6 Å². The summed E-state index contributed by atoms with van der Waals surface area (Å²) in [4.78, 5) is 15.8. The first-order valence-electron chi connectivity index (χ1n) is 9.31. The van der Waals surface area contributed by atoms with E-state index < -0.39 is 5.60 Å². The minimum absolute atomic E-state index is 0.156. The molecule has 0 N–H and O–H groups in total. The molecule has 1 amide bonds. The molecule has 1 saturated heterocycles. The maximum absolute atomic E-state index is 12.9. The first-order chi connectivity index (χ1) is 12.9. The van der Waals surface area contributed by atoms with Gasteiger partial charge in [0.15, 0.2) is 6.29 Å². The number of benzene rings is 1. The molecule has 4 rings (SSSR count). The predicted molar refractivity (Wildman–Crippen MR) is 104 cm³/mol. The summed E-state index contributed by atoms with van der Waals surface area (Å²) in [7, 11) is 0. The van der Waals surface area contributed by atoms with Crippen LogP contribution in [0.15, 0.2) is 35.7 Å². The molecular weight excluding hydrogens is 362 g/mol. The zero-order valence-corrected chi connectivity index (χ0v) is 16.8. The number of carbonyl (C=O) groups excluding carboxylic acids is 1. The van der Waals surface area contributed by atoms with Gasteiger partial charge in [-0.2, -0.15) is 0 Å². The van der Waals surface area contributed by atoms with Gasteiger partial charge in [-0.25, -0.2) is 4.79 Å². The Bertz CT molecular complexity index is 820. The van der Waals surface area contributed by atoms with Gasteiger partial charge in [-0.05, 0) is 55.3 Å². The lowest BCUT2D eigenvalue weighted by atomic mass is 9.89. The Hall–Kier alpha value is -1.89. The van der Waals surface area contributed by atoms with Gasteiger partial charge in [0.25, 0.3) is 0 Å². The molecule has 5 nitrogen and oxygen atoms in total. The van der Waals surface area contributed by atoms with E-state index in [0.29, 0.717) is 19.8 Å². The van der Waals surface area contributed by atoms with Crippen molar-refractivity contribution in [3.8, 4) is 0 Å². The molecule has 27 heavy (non-hydrogen) atoms. The van der Waals surface area contributed by atoms with Gasteiger partial charge in [0.05, 0.1) is 24.1 Å². The minimum Gasteiger partial charge on any atom is -0.444 e. The number of nitrogens with zero attached hydrogens (tertiary/aromatic N) is 1. The molecule has 1 unspecified atom stereocenters. The Labute approximate surface area is 163 Å². The van der Waals surface area contributed by atoms with E-state index >= 15 is 0 Å². The van der Waals surface area contributed by atoms with Crippen LogP contribution >= 0.6 is 11.3 Å². The van der Waals surface area contributed by atoms with Crippen LogP contribution in [0, 0.1) is 0 Å². The summed E-state index contributed by atoms with van der Waals surface area (Å²) in [5, 5.41) is 2.10. The van der Waals surface area contributed by atoms with Crippen LogP contribution in [0.1, 0.15) is 54.7 Å². The lowest BCUT2D eigenvalue weighted by molar-refractivity contribution is -0.0413. The van der Waals surface area contributed by atoms with E-state index in [0.717, 1.165) is 22.4 Å². The van der Waals surface area contributed by atoms with Gasteiger partial charge in [0.1, 0.15) is 5.60 Å². The second-order valence-corrected chi connectivity index (χ2v) is 8.82. The summed E-state index contributed by atoms with van der Waals surface area (Å²) in [6.07, 6.45) is 0.262. The third-order valence-electron chi connectivity index (χ3n) is 4.72. The van der Waals surface area contributed by atoms with Gasteiger partial charge in [-0.3, -0.25) is 4.90 Å². The minimum atomic E-state index is -0.524. The molecule has 2 aliphatic heterocycles. The molecule has 0 aliphatic carbocycles. The normalized spacial score (nSPS) is 20.6. The number of fused-ring (bicyclic) bond motifs is 1. The van der Waals surface area contributed by atoms with Crippen LogP contribution in [0.25, 0.3) is 0 Å². The largest absolute Gasteiger partial charge is 0.444 e. The van der Waals surface area contributed by atoms with Crippen molar-refractivity contribution in [2.45, 2.75) is 45.1 Å². The number of amides is 1. The van der Waals surface area contributed by atoms with Crippen LogP contribution in [0.5, 0.6) is 0 Å². The number of rotatable bonds is 2. The van der Waals surface area contributed by atoms with E-state index in [4.69, 9.17) is 14.2 Å². The molecule has 1 atom stereocenters. The molecule has 2 aliphatic rings. The molecule has 144 valence electrons. The Morgan fingerprint density at radius 3 is 2.70 bits per heavy atom. The molecule has 1 fully saturated rings. The van der Waals surface area contributed by atoms with Gasteiger partial charge in [-0.1, -0.05) is 24.3 Å². The zero-order chi connectivity index (χ0) is 19.0. The highest BCUT2D eigenvalue weighted by Gasteiger charge is 2.35. The number of ether oxygens (including phenoxy) is 3. The third-order valence-corrected chi connectivity index (χ3v) is 5.69. The first kappa shape index (κ1) is 18.5. The standard InChI is InChI=1S/C21H25NO4S/c1-21(2,3)26-20(23)22-9-8-14-6-4-5-7-16(14)18(22)15-12-17(27-13-15)19-24-10-11-25-19/h4-7,12-13,18-19H,8-11H2,1-3H3. The van der Waals surface area contributed by atoms with Crippen LogP contribution in [0.2, 0.25) is 0 Å². The number of carbonyl (C=O) groups is 1. The highest BCUT2D eigenvalue weighted by atomic mass is 32.1. The quantitative estimate of drug-likeness (QED) is 0.751. The maximum Gasteiger partial charge on any atom is 0.411 e. The van der Waals surface area contributed by atoms with Gasteiger partial charge in [-0.15, -0.1) is 11.3 Å². The Morgan fingerprint density at radius 2 is 1.96 bits per heavy atom. The molecule has 3 heterocycles. The van der Waals surface area contributed by atoms with Crippen molar-refractivity contribution < 1.29 is 19.0 Å². The van der Waals surface area contributed by atoms with E-state index in [-0.39, 0.29) is 18.4 Å². The average molecular weight is 388 g/mol. The predicted octanol–water partition coefficient (Wildman–Crippen LogP) is 4.68. The summed E-state index contributed by atoms with van der Waals surface area (Å²) in [5.41, 5.74) is 2.99. The number of thiophene rings is 1.